The van der Waals surface area contributed by atoms with Crippen molar-refractivity contribution in [3.05, 3.63) is 44.6 Å². The van der Waals surface area contributed by atoms with E-state index in [4.69, 9.17) is 11.6 Å². The second kappa shape index (κ2) is 5.39. The summed E-state index contributed by atoms with van der Waals surface area (Å²) >= 11 is 11.1. The largest absolute Gasteiger partial charge is 0.224 e. The number of hydrogen-bond donors (Lipinski definition) is 0. The Bertz CT molecular complexity index is 803. The molecule has 0 aliphatic heterocycles. The van der Waals surface area contributed by atoms with E-state index < -0.39 is 5.82 Å². The first kappa shape index (κ1) is 13.9. The third-order valence-electron chi connectivity index (χ3n) is 3.04. The smallest absolute Gasteiger partial charge is 0.171 e. The Balaban J connectivity index is 2.32. The van der Waals surface area contributed by atoms with Crippen LogP contribution in [0, 0.1) is 5.82 Å². The van der Waals surface area contributed by atoms with Crippen LogP contribution in [-0.2, 0) is 6.42 Å². The highest BCUT2D eigenvalue weighted by atomic mass is 79.9. The van der Waals surface area contributed by atoms with Crippen LogP contribution in [0.25, 0.3) is 21.6 Å². The minimum Gasteiger partial charge on any atom is -0.224 e. The lowest BCUT2D eigenvalue weighted by atomic mass is 10.2. The minimum atomic E-state index is -0.400. The highest BCUT2D eigenvalue weighted by Gasteiger charge is 2.16. The van der Waals surface area contributed by atoms with Crippen LogP contribution < -0.4 is 0 Å². The number of fused-ring (bicyclic) bond motifs is 1. The van der Waals surface area contributed by atoms with Gasteiger partial charge in [0.05, 0.1) is 10.3 Å². The molecular weight excluding hydrogens is 363 g/mol. The van der Waals surface area contributed by atoms with Gasteiger partial charge in [-0.25, -0.2) is 14.4 Å². The highest BCUT2D eigenvalue weighted by Crippen LogP contribution is 2.34. The van der Waals surface area contributed by atoms with Crippen molar-refractivity contribution in [2.75, 3.05) is 0 Å². The van der Waals surface area contributed by atoms with Crippen LogP contribution in [-0.4, -0.2) is 9.97 Å². The Labute approximate surface area is 132 Å². The summed E-state index contributed by atoms with van der Waals surface area (Å²) in [4.78, 5) is 9.62. The number of benzene rings is 1. The van der Waals surface area contributed by atoms with Gasteiger partial charge < -0.3 is 0 Å². The zero-order valence-electron chi connectivity index (χ0n) is 10.5. The van der Waals surface area contributed by atoms with Crippen molar-refractivity contribution in [2.24, 2.45) is 0 Å². The predicted molar refractivity (Wildman–Crippen MR) is 84.9 cm³/mol. The van der Waals surface area contributed by atoms with E-state index in [1.54, 1.807) is 6.07 Å². The van der Waals surface area contributed by atoms with E-state index >= 15 is 0 Å². The molecule has 0 aliphatic rings. The quantitative estimate of drug-likeness (QED) is 0.558. The molecule has 0 unspecified atom stereocenters. The molecular formula is C14H9BrClFN2S. The molecule has 0 N–H and O–H groups in total. The maximum atomic E-state index is 14.0. The van der Waals surface area contributed by atoms with Gasteiger partial charge in [0, 0.05) is 4.47 Å². The number of hydrogen-bond acceptors (Lipinski definition) is 3. The van der Waals surface area contributed by atoms with Gasteiger partial charge in [-0.05, 0) is 51.5 Å². The van der Waals surface area contributed by atoms with Gasteiger partial charge in [0.2, 0.25) is 0 Å². The van der Waals surface area contributed by atoms with E-state index in [2.05, 4.69) is 32.8 Å². The molecule has 0 fully saturated rings. The van der Waals surface area contributed by atoms with Crippen molar-refractivity contribution in [3.63, 3.8) is 0 Å². The summed E-state index contributed by atoms with van der Waals surface area (Å²) in [6.45, 7) is 2.06. The first-order valence-corrected chi connectivity index (χ1v) is 8.05. The fourth-order valence-electron chi connectivity index (χ4n) is 2.04. The predicted octanol–water partition coefficient (Wildman–Crippen LogP) is 5.48. The van der Waals surface area contributed by atoms with Crippen LogP contribution in [0.1, 0.15) is 12.5 Å². The van der Waals surface area contributed by atoms with Gasteiger partial charge in [-0.15, -0.1) is 11.3 Å². The SMILES string of the molecule is CCc1ccsc1-c1nc(Cl)c2c(Br)ccc(F)c2n1. The van der Waals surface area contributed by atoms with Crippen molar-refractivity contribution in [1.29, 1.82) is 0 Å². The van der Waals surface area contributed by atoms with Gasteiger partial charge in [0.15, 0.2) is 5.82 Å². The summed E-state index contributed by atoms with van der Waals surface area (Å²) in [6, 6.07) is 5.00. The third kappa shape index (κ3) is 2.24. The van der Waals surface area contributed by atoms with Crippen LogP contribution >= 0.6 is 38.9 Å². The van der Waals surface area contributed by atoms with Gasteiger partial charge in [-0.2, -0.15) is 0 Å². The van der Waals surface area contributed by atoms with Crippen LogP contribution in [0.4, 0.5) is 4.39 Å². The van der Waals surface area contributed by atoms with E-state index in [1.807, 2.05) is 11.4 Å². The molecule has 2 nitrogen and oxygen atoms in total. The number of aryl methyl sites for hydroxylation is 1. The first-order valence-electron chi connectivity index (χ1n) is 5.99. The average Bonchev–Trinajstić information content (AvgIpc) is 2.91. The molecule has 3 rings (SSSR count). The number of aromatic nitrogens is 2. The van der Waals surface area contributed by atoms with Gasteiger partial charge in [-0.3, -0.25) is 0 Å². The average molecular weight is 372 g/mol. The molecule has 20 heavy (non-hydrogen) atoms. The Morgan fingerprint density at radius 3 is 2.85 bits per heavy atom. The second-order valence-corrected chi connectivity index (χ2v) is 6.35. The topological polar surface area (TPSA) is 25.8 Å². The molecule has 0 atom stereocenters. The number of thiophene rings is 1. The van der Waals surface area contributed by atoms with Crippen LogP contribution in [0.15, 0.2) is 28.1 Å². The lowest BCUT2D eigenvalue weighted by Gasteiger charge is -2.07. The van der Waals surface area contributed by atoms with Crippen molar-refractivity contribution in [2.45, 2.75) is 13.3 Å². The fourth-order valence-corrected chi connectivity index (χ4v) is 3.86. The van der Waals surface area contributed by atoms with Crippen LogP contribution in [0.3, 0.4) is 0 Å². The zero-order chi connectivity index (χ0) is 14.3. The molecule has 0 spiro atoms. The Hall–Kier alpha value is -1.04. The maximum absolute atomic E-state index is 14.0. The lowest BCUT2D eigenvalue weighted by Crippen LogP contribution is -1.95. The summed E-state index contributed by atoms with van der Waals surface area (Å²) in [5.74, 6) is 0.0784. The van der Waals surface area contributed by atoms with Crippen molar-refractivity contribution < 1.29 is 4.39 Å². The standard InChI is InChI=1S/C14H9BrClFN2S/c1-2-7-5-6-20-12(7)14-18-11-9(17)4-3-8(15)10(11)13(16)19-14/h3-6H,2H2,1H3. The molecule has 0 amide bonds. The maximum Gasteiger partial charge on any atom is 0.171 e. The number of halogens is 3. The molecule has 6 heteroatoms. The third-order valence-corrected chi connectivity index (χ3v) is 4.92. The van der Waals surface area contributed by atoms with Gasteiger partial charge in [0.1, 0.15) is 16.5 Å². The lowest BCUT2D eigenvalue weighted by molar-refractivity contribution is 0.636. The Morgan fingerprint density at radius 2 is 2.10 bits per heavy atom. The van der Waals surface area contributed by atoms with Gasteiger partial charge >= 0.3 is 0 Å². The van der Waals surface area contributed by atoms with E-state index in [-0.39, 0.29) is 10.7 Å². The van der Waals surface area contributed by atoms with Crippen molar-refractivity contribution >= 4 is 49.8 Å². The van der Waals surface area contributed by atoms with Crippen molar-refractivity contribution in [1.82, 2.24) is 9.97 Å². The minimum absolute atomic E-state index is 0.241. The molecule has 0 saturated carbocycles. The van der Waals surface area contributed by atoms with E-state index in [9.17, 15) is 4.39 Å². The van der Waals surface area contributed by atoms with Gasteiger partial charge in [0.25, 0.3) is 0 Å². The molecule has 0 aliphatic carbocycles. The van der Waals surface area contributed by atoms with E-state index in [1.165, 1.54) is 17.4 Å². The molecule has 2 aromatic heterocycles. The Morgan fingerprint density at radius 1 is 1.30 bits per heavy atom. The zero-order valence-corrected chi connectivity index (χ0v) is 13.6. The first-order chi connectivity index (χ1) is 9.61. The van der Waals surface area contributed by atoms with Crippen LogP contribution in [0.2, 0.25) is 5.15 Å². The summed E-state index contributed by atoms with van der Waals surface area (Å²) < 4.78 is 14.7. The summed E-state index contributed by atoms with van der Waals surface area (Å²) in [7, 11) is 0. The summed E-state index contributed by atoms with van der Waals surface area (Å²) in [6.07, 6.45) is 0.874. The van der Waals surface area contributed by atoms with E-state index in [0.717, 1.165) is 16.9 Å². The summed E-state index contributed by atoms with van der Waals surface area (Å²) in [5.41, 5.74) is 1.38. The van der Waals surface area contributed by atoms with Crippen LogP contribution in [0.5, 0.6) is 0 Å². The number of rotatable bonds is 2. The molecule has 0 radical (unpaired) electrons. The fraction of sp³-hybridized carbons (Fsp3) is 0.143. The molecule has 0 bridgehead atoms. The molecule has 0 saturated heterocycles. The highest BCUT2D eigenvalue weighted by molar-refractivity contribution is 9.10. The molecule has 3 aromatic rings. The van der Waals surface area contributed by atoms with E-state index in [0.29, 0.717) is 15.7 Å². The molecule has 1 aromatic carbocycles. The van der Waals surface area contributed by atoms with Gasteiger partial charge in [-0.1, -0.05) is 18.5 Å². The summed E-state index contributed by atoms with van der Waals surface area (Å²) in [5, 5.41) is 2.74. The normalized spacial score (nSPS) is 11.2. The Kier molecular flexibility index (Phi) is 3.75. The second-order valence-electron chi connectivity index (χ2n) is 4.22. The van der Waals surface area contributed by atoms with Crippen molar-refractivity contribution in [3.8, 4) is 10.7 Å². The molecule has 2 heterocycles. The monoisotopic (exact) mass is 370 g/mol. The molecule has 102 valence electrons. The number of nitrogens with zero attached hydrogens (tertiary/aromatic N) is 2.